The molecule has 0 spiro atoms. The van der Waals surface area contributed by atoms with E-state index in [1.54, 1.807) is 12.1 Å². The first-order valence-electron chi connectivity index (χ1n) is 5.15. The lowest BCUT2D eigenvalue weighted by Crippen LogP contribution is -2.20. The second-order valence-corrected chi connectivity index (χ2v) is 3.76. The molecular formula is C12H13ClF3N. The highest BCUT2D eigenvalue weighted by atomic mass is 35.5. The lowest BCUT2D eigenvalue weighted by atomic mass is 9.99. The summed E-state index contributed by atoms with van der Waals surface area (Å²) in [7, 11) is 0. The molecule has 0 saturated carbocycles. The SMILES string of the molecule is Cl.FC(F)(F)c1ccc(C2=CCNCC2)cc1. The van der Waals surface area contributed by atoms with Gasteiger partial charge in [-0.25, -0.2) is 0 Å². The van der Waals surface area contributed by atoms with E-state index in [2.05, 4.69) is 5.32 Å². The van der Waals surface area contributed by atoms with Gasteiger partial charge >= 0.3 is 6.18 Å². The van der Waals surface area contributed by atoms with Crippen molar-refractivity contribution >= 4 is 18.0 Å². The molecule has 0 aromatic heterocycles. The van der Waals surface area contributed by atoms with Gasteiger partial charge in [0.15, 0.2) is 0 Å². The molecule has 17 heavy (non-hydrogen) atoms. The number of hydrogen-bond acceptors (Lipinski definition) is 1. The number of nitrogens with one attached hydrogen (secondary N) is 1. The molecule has 1 aromatic rings. The maximum Gasteiger partial charge on any atom is 0.416 e. The summed E-state index contributed by atoms with van der Waals surface area (Å²) in [6, 6.07) is 5.36. The number of benzene rings is 1. The molecule has 0 radical (unpaired) electrons. The van der Waals surface area contributed by atoms with Crippen molar-refractivity contribution in [3.8, 4) is 0 Å². The van der Waals surface area contributed by atoms with Crippen LogP contribution in [0.3, 0.4) is 0 Å². The maximum absolute atomic E-state index is 12.3. The Balaban J connectivity index is 0.00000144. The molecule has 1 nitrogen and oxygen atoms in total. The van der Waals surface area contributed by atoms with E-state index in [9.17, 15) is 13.2 Å². The van der Waals surface area contributed by atoms with E-state index in [-0.39, 0.29) is 12.4 Å². The fourth-order valence-electron chi connectivity index (χ4n) is 1.76. The Morgan fingerprint density at radius 1 is 1.06 bits per heavy atom. The van der Waals surface area contributed by atoms with Gasteiger partial charge in [-0.15, -0.1) is 12.4 Å². The Kier molecular flexibility index (Phi) is 4.60. The molecule has 0 bridgehead atoms. The molecule has 0 atom stereocenters. The predicted molar refractivity (Wildman–Crippen MR) is 64.2 cm³/mol. The van der Waals surface area contributed by atoms with Crippen LogP contribution in [0.15, 0.2) is 30.3 Å². The minimum atomic E-state index is -4.25. The third-order valence-electron chi connectivity index (χ3n) is 2.65. The highest BCUT2D eigenvalue weighted by Gasteiger charge is 2.29. The molecule has 1 aromatic carbocycles. The summed E-state index contributed by atoms with van der Waals surface area (Å²) in [6.07, 6.45) is -1.36. The van der Waals surface area contributed by atoms with Crippen molar-refractivity contribution < 1.29 is 13.2 Å². The molecular weight excluding hydrogens is 251 g/mol. The number of rotatable bonds is 1. The van der Waals surface area contributed by atoms with E-state index in [1.807, 2.05) is 6.08 Å². The predicted octanol–water partition coefficient (Wildman–Crippen LogP) is 3.50. The Bertz CT molecular complexity index is 395. The standard InChI is InChI=1S/C12H12F3N.ClH/c13-12(14,15)11-3-1-9(2-4-11)10-5-7-16-8-6-10;/h1-5,16H,6-8H2;1H. The molecule has 0 aliphatic carbocycles. The molecule has 0 fully saturated rings. The third kappa shape index (κ3) is 3.48. The number of alkyl halides is 3. The second kappa shape index (κ2) is 5.56. The minimum Gasteiger partial charge on any atom is -0.313 e. The normalized spacial score (nSPS) is 16.1. The van der Waals surface area contributed by atoms with Crippen LogP contribution in [0.5, 0.6) is 0 Å². The van der Waals surface area contributed by atoms with E-state index in [1.165, 1.54) is 0 Å². The van der Waals surface area contributed by atoms with Crippen molar-refractivity contribution in [2.45, 2.75) is 12.6 Å². The van der Waals surface area contributed by atoms with Gasteiger partial charge in [-0.1, -0.05) is 18.2 Å². The summed E-state index contributed by atoms with van der Waals surface area (Å²) in [5, 5.41) is 3.16. The van der Waals surface area contributed by atoms with Crippen LogP contribution >= 0.6 is 12.4 Å². The Morgan fingerprint density at radius 2 is 1.71 bits per heavy atom. The van der Waals surface area contributed by atoms with Gasteiger partial charge in [0.25, 0.3) is 0 Å². The molecule has 1 heterocycles. The van der Waals surface area contributed by atoms with E-state index in [0.717, 1.165) is 42.8 Å². The van der Waals surface area contributed by atoms with Crippen LogP contribution in [-0.2, 0) is 6.18 Å². The van der Waals surface area contributed by atoms with Crippen LogP contribution in [0.1, 0.15) is 17.5 Å². The molecule has 0 saturated heterocycles. The molecule has 1 N–H and O–H groups in total. The van der Waals surface area contributed by atoms with Crippen LogP contribution in [0, 0.1) is 0 Å². The van der Waals surface area contributed by atoms with Gasteiger partial charge in [0, 0.05) is 6.54 Å². The molecule has 2 rings (SSSR count). The lowest BCUT2D eigenvalue weighted by Gasteiger charge is -2.15. The summed E-state index contributed by atoms with van der Waals surface area (Å²) >= 11 is 0. The van der Waals surface area contributed by atoms with Crippen LogP contribution < -0.4 is 5.32 Å². The van der Waals surface area contributed by atoms with Crippen molar-refractivity contribution in [3.63, 3.8) is 0 Å². The quantitative estimate of drug-likeness (QED) is 0.818. The van der Waals surface area contributed by atoms with Gasteiger partial charge < -0.3 is 5.32 Å². The molecule has 5 heteroatoms. The highest BCUT2D eigenvalue weighted by molar-refractivity contribution is 5.85. The van der Waals surface area contributed by atoms with Gasteiger partial charge in [0.2, 0.25) is 0 Å². The van der Waals surface area contributed by atoms with Crippen LogP contribution in [-0.4, -0.2) is 13.1 Å². The molecule has 1 aliphatic rings. The zero-order valence-electron chi connectivity index (χ0n) is 9.05. The van der Waals surface area contributed by atoms with Gasteiger partial charge in [0.1, 0.15) is 0 Å². The van der Waals surface area contributed by atoms with E-state index >= 15 is 0 Å². The van der Waals surface area contributed by atoms with Crippen molar-refractivity contribution in [1.29, 1.82) is 0 Å². The fraction of sp³-hybridized carbons (Fsp3) is 0.333. The molecule has 0 unspecified atom stereocenters. The first-order valence-corrected chi connectivity index (χ1v) is 5.15. The van der Waals surface area contributed by atoms with Gasteiger partial charge in [0.05, 0.1) is 5.56 Å². The van der Waals surface area contributed by atoms with Gasteiger partial charge in [-0.05, 0) is 36.2 Å². The van der Waals surface area contributed by atoms with Gasteiger partial charge in [-0.3, -0.25) is 0 Å². The second-order valence-electron chi connectivity index (χ2n) is 3.76. The van der Waals surface area contributed by atoms with Gasteiger partial charge in [-0.2, -0.15) is 13.2 Å². The van der Waals surface area contributed by atoms with Crippen LogP contribution in [0.2, 0.25) is 0 Å². The zero-order valence-corrected chi connectivity index (χ0v) is 9.87. The average Bonchev–Trinajstić information content (AvgIpc) is 2.29. The Labute approximate surface area is 104 Å². The van der Waals surface area contributed by atoms with E-state index in [4.69, 9.17) is 0 Å². The van der Waals surface area contributed by atoms with Crippen LogP contribution in [0.4, 0.5) is 13.2 Å². The van der Waals surface area contributed by atoms with E-state index < -0.39 is 11.7 Å². The summed E-state index contributed by atoms with van der Waals surface area (Å²) in [4.78, 5) is 0. The summed E-state index contributed by atoms with van der Waals surface area (Å²) in [5.41, 5.74) is 1.41. The number of hydrogen-bond donors (Lipinski definition) is 1. The van der Waals surface area contributed by atoms with Crippen molar-refractivity contribution in [2.75, 3.05) is 13.1 Å². The first kappa shape index (κ1) is 14.1. The number of halogens is 4. The minimum absolute atomic E-state index is 0. The molecule has 94 valence electrons. The molecule has 1 aliphatic heterocycles. The van der Waals surface area contributed by atoms with E-state index in [0.29, 0.717) is 0 Å². The summed E-state index contributed by atoms with van der Waals surface area (Å²) in [6.45, 7) is 1.67. The maximum atomic E-state index is 12.3. The summed E-state index contributed by atoms with van der Waals surface area (Å²) in [5.74, 6) is 0. The Hall–Kier alpha value is -1.00. The Morgan fingerprint density at radius 3 is 2.18 bits per heavy atom. The van der Waals surface area contributed by atoms with Crippen molar-refractivity contribution in [3.05, 3.63) is 41.5 Å². The fourth-order valence-corrected chi connectivity index (χ4v) is 1.76. The first-order chi connectivity index (χ1) is 7.57. The largest absolute Gasteiger partial charge is 0.416 e. The van der Waals surface area contributed by atoms with Crippen LogP contribution in [0.25, 0.3) is 5.57 Å². The zero-order chi connectivity index (χ0) is 11.6. The summed E-state index contributed by atoms with van der Waals surface area (Å²) < 4.78 is 37.0. The van der Waals surface area contributed by atoms with Crippen molar-refractivity contribution in [2.24, 2.45) is 0 Å². The lowest BCUT2D eigenvalue weighted by molar-refractivity contribution is -0.137. The monoisotopic (exact) mass is 263 g/mol. The average molecular weight is 264 g/mol. The van der Waals surface area contributed by atoms with Crippen molar-refractivity contribution in [1.82, 2.24) is 5.32 Å². The molecule has 0 amide bonds. The third-order valence-corrected chi connectivity index (χ3v) is 2.65. The topological polar surface area (TPSA) is 12.0 Å². The highest BCUT2D eigenvalue weighted by Crippen LogP contribution is 2.30. The smallest absolute Gasteiger partial charge is 0.313 e.